The number of hydrogen-bond donors (Lipinski definition) is 2. The zero-order valence-electron chi connectivity index (χ0n) is 10.9. The van der Waals surface area contributed by atoms with Gasteiger partial charge in [0.2, 0.25) is 11.8 Å². The lowest BCUT2D eigenvalue weighted by atomic mass is 9.93. The maximum absolute atomic E-state index is 12.1. The van der Waals surface area contributed by atoms with Crippen molar-refractivity contribution in [1.29, 1.82) is 0 Å². The largest absolute Gasteiger partial charge is 0.355 e. The molecule has 2 rings (SSSR count). The Labute approximate surface area is 113 Å². The van der Waals surface area contributed by atoms with E-state index in [1.165, 1.54) is 12.8 Å². The molecule has 5 heteroatoms. The van der Waals surface area contributed by atoms with Crippen molar-refractivity contribution in [2.24, 2.45) is 5.92 Å². The van der Waals surface area contributed by atoms with Gasteiger partial charge in [0, 0.05) is 24.3 Å². The number of amides is 2. The van der Waals surface area contributed by atoms with E-state index in [4.69, 9.17) is 0 Å². The number of carbonyl (C=O) groups is 2. The van der Waals surface area contributed by atoms with Crippen LogP contribution in [-0.4, -0.2) is 35.9 Å². The molecule has 1 unspecified atom stereocenters. The lowest BCUT2D eigenvalue weighted by Crippen LogP contribution is -2.46. The van der Waals surface area contributed by atoms with Gasteiger partial charge in [-0.3, -0.25) is 9.59 Å². The Bertz CT molecular complexity index is 304. The zero-order valence-corrected chi connectivity index (χ0v) is 11.7. The summed E-state index contributed by atoms with van der Waals surface area (Å²) in [7, 11) is 0. The minimum atomic E-state index is -0.0269. The maximum atomic E-state index is 12.1. The second-order valence-electron chi connectivity index (χ2n) is 5.26. The normalized spacial score (nSPS) is 32.7. The molecule has 2 N–H and O–H groups in total. The molecule has 2 aliphatic rings. The fourth-order valence-electron chi connectivity index (χ4n) is 2.72. The average Bonchev–Trinajstić information content (AvgIpc) is 2.40. The van der Waals surface area contributed by atoms with Crippen LogP contribution < -0.4 is 10.6 Å². The molecule has 2 amide bonds. The molecule has 2 fully saturated rings. The highest BCUT2D eigenvalue weighted by Crippen LogP contribution is 2.27. The summed E-state index contributed by atoms with van der Waals surface area (Å²) in [6, 6.07) is 0.346. The first-order chi connectivity index (χ1) is 8.69. The summed E-state index contributed by atoms with van der Waals surface area (Å²) in [5.74, 6) is 0.170. The van der Waals surface area contributed by atoms with Crippen LogP contribution >= 0.6 is 11.8 Å². The molecule has 0 aromatic rings. The van der Waals surface area contributed by atoms with Crippen LogP contribution in [0.2, 0.25) is 0 Å². The zero-order chi connectivity index (χ0) is 13.0. The highest BCUT2D eigenvalue weighted by Gasteiger charge is 2.27. The van der Waals surface area contributed by atoms with Crippen LogP contribution in [0.5, 0.6) is 0 Å². The summed E-state index contributed by atoms with van der Waals surface area (Å²) >= 11 is 1.93. The number of nitrogens with one attached hydrogen (secondary N) is 2. The Kier molecular flexibility index (Phi) is 4.92. The van der Waals surface area contributed by atoms with Crippen LogP contribution in [0.3, 0.4) is 0 Å². The molecule has 0 spiro atoms. The fraction of sp³-hybridized carbons (Fsp3) is 0.846. The van der Waals surface area contributed by atoms with Crippen LogP contribution in [0.25, 0.3) is 0 Å². The monoisotopic (exact) mass is 270 g/mol. The van der Waals surface area contributed by atoms with Crippen molar-refractivity contribution in [2.45, 2.75) is 49.8 Å². The van der Waals surface area contributed by atoms with Gasteiger partial charge in [-0.05, 0) is 38.4 Å². The average molecular weight is 270 g/mol. The minimum absolute atomic E-state index is 0.0269. The Morgan fingerprint density at radius 3 is 2.56 bits per heavy atom. The summed E-state index contributed by atoms with van der Waals surface area (Å²) < 4.78 is 0. The van der Waals surface area contributed by atoms with Gasteiger partial charge in [-0.25, -0.2) is 0 Å². The molecule has 0 bridgehead atoms. The summed E-state index contributed by atoms with van der Waals surface area (Å²) in [4.78, 5) is 23.1. The van der Waals surface area contributed by atoms with Crippen molar-refractivity contribution >= 4 is 23.6 Å². The van der Waals surface area contributed by atoms with E-state index in [0.717, 1.165) is 18.1 Å². The van der Waals surface area contributed by atoms with Gasteiger partial charge in [-0.1, -0.05) is 0 Å². The summed E-state index contributed by atoms with van der Waals surface area (Å²) in [5, 5.41) is 6.68. The molecule has 1 saturated heterocycles. The maximum Gasteiger partial charge on any atom is 0.225 e. The molecule has 1 aliphatic carbocycles. The van der Waals surface area contributed by atoms with E-state index in [2.05, 4.69) is 16.9 Å². The van der Waals surface area contributed by atoms with Crippen molar-refractivity contribution in [3.8, 4) is 0 Å². The third-order valence-corrected chi connectivity index (χ3v) is 5.13. The van der Waals surface area contributed by atoms with E-state index < -0.39 is 0 Å². The quantitative estimate of drug-likeness (QED) is 0.813. The van der Waals surface area contributed by atoms with Crippen molar-refractivity contribution in [3.05, 3.63) is 0 Å². The molecule has 0 aromatic heterocycles. The van der Waals surface area contributed by atoms with E-state index in [1.807, 2.05) is 11.8 Å². The first kappa shape index (κ1) is 13.7. The number of thioether (sulfide) groups is 1. The van der Waals surface area contributed by atoms with Crippen LogP contribution in [0, 0.1) is 5.92 Å². The Balaban J connectivity index is 1.73. The van der Waals surface area contributed by atoms with Gasteiger partial charge in [0.1, 0.15) is 0 Å². The van der Waals surface area contributed by atoms with Crippen molar-refractivity contribution in [3.63, 3.8) is 0 Å². The standard InChI is InChI=1S/C13H22N2O2S/c1-18-11-5-3-10(4-6-11)15-13(17)9-2-7-12(16)14-8-9/h9-11H,2-8H2,1H3,(H,14,16)(H,15,17). The fourth-order valence-corrected chi connectivity index (χ4v) is 3.46. The third kappa shape index (κ3) is 3.64. The molecular formula is C13H22N2O2S. The SMILES string of the molecule is CSC1CCC(NC(=O)C2CCC(=O)NC2)CC1. The molecule has 1 atom stereocenters. The Hall–Kier alpha value is -0.710. The van der Waals surface area contributed by atoms with Crippen LogP contribution in [-0.2, 0) is 9.59 Å². The second-order valence-corrected chi connectivity index (χ2v) is 6.40. The van der Waals surface area contributed by atoms with E-state index in [9.17, 15) is 9.59 Å². The van der Waals surface area contributed by atoms with E-state index in [0.29, 0.717) is 25.4 Å². The summed E-state index contributed by atoms with van der Waals surface area (Å²) in [6.45, 7) is 0.505. The van der Waals surface area contributed by atoms with E-state index in [1.54, 1.807) is 0 Å². The first-order valence-corrected chi connectivity index (χ1v) is 8.07. The number of hydrogen-bond acceptors (Lipinski definition) is 3. The molecule has 18 heavy (non-hydrogen) atoms. The predicted molar refractivity (Wildman–Crippen MR) is 73.4 cm³/mol. The van der Waals surface area contributed by atoms with Crippen LogP contribution in [0.1, 0.15) is 38.5 Å². The van der Waals surface area contributed by atoms with Gasteiger partial charge in [-0.2, -0.15) is 11.8 Å². The van der Waals surface area contributed by atoms with Gasteiger partial charge in [-0.15, -0.1) is 0 Å². The summed E-state index contributed by atoms with van der Waals surface area (Å²) in [6.07, 6.45) is 7.93. The van der Waals surface area contributed by atoms with Crippen LogP contribution in [0.4, 0.5) is 0 Å². The van der Waals surface area contributed by atoms with Crippen molar-refractivity contribution < 1.29 is 9.59 Å². The molecule has 1 aliphatic heterocycles. The van der Waals surface area contributed by atoms with Crippen LogP contribution in [0.15, 0.2) is 0 Å². The molecule has 0 aromatic carbocycles. The lowest BCUT2D eigenvalue weighted by molar-refractivity contribution is -0.129. The number of piperidine rings is 1. The van der Waals surface area contributed by atoms with Gasteiger partial charge < -0.3 is 10.6 Å². The number of carbonyl (C=O) groups excluding carboxylic acids is 2. The second kappa shape index (κ2) is 6.45. The van der Waals surface area contributed by atoms with Crippen molar-refractivity contribution in [1.82, 2.24) is 10.6 Å². The molecule has 1 heterocycles. The van der Waals surface area contributed by atoms with E-state index >= 15 is 0 Å². The smallest absolute Gasteiger partial charge is 0.225 e. The Morgan fingerprint density at radius 2 is 2.00 bits per heavy atom. The highest BCUT2D eigenvalue weighted by atomic mass is 32.2. The number of rotatable bonds is 3. The molecule has 1 saturated carbocycles. The third-order valence-electron chi connectivity index (χ3n) is 3.99. The summed E-state index contributed by atoms with van der Waals surface area (Å²) in [5.41, 5.74) is 0. The van der Waals surface area contributed by atoms with Gasteiger partial charge >= 0.3 is 0 Å². The van der Waals surface area contributed by atoms with Crippen molar-refractivity contribution in [2.75, 3.05) is 12.8 Å². The Morgan fingerprint density at radius 1 is 1.28 bits per heavy atom. The van der Waals surface area contributed by atoms with Gasteiger partial charge in [0.05, 0.1) is 5.92 Å². The van der Waals surface area contributed by atoms with Gasteiger partial charge in [0.15, 0.2) is 0 Å². The van der Waals surface area contributed by atoms with E-state index in [-0.39, 0.29) is 17.7 Å². The first-order valence-electron chi connectivity index (χ1n) is 6.79. The molecule has 0 radical (unpaired) electrons. The lowest BCUT2D eigenvalue weighted by Gasteiger charge is -2.30. The van der Waals surface area contributed by atoms with Gasteiger partial charge in [0.25, 0.3) is 0 Å². The predicted octanol–water partition coefficient (Wildman–Crippen LogP) is 1.30. The molecular weight excluding hydrogens is 248 g/mol. The molecule has 102 valence electrons. The minimum Gasteiger partial charge on any atom is -0.355 e. The highest BCUT2D eigenvalue weighted by molar-refractivity contribution is 7.99. The molecule has 4 nitrogen and oxygen atoms in total. The topological polar surface area (TPSA) is 58.2 Å².